The quantitative estimate of drug-likeness (QED) is 0.705. The van der Waals surface area contributed by atoms with Crippen LogP contribution in [0.5, 0.6) is 0 Å². The van der Waals surface area contributed by atoms with E-state index in [9.17, 15) is 4.79 Å². The van der Waals surface area contributed by atoms with Crippen molar-refractivity contribution in [2.24, 2.45) is 0 Å². The van der Waals surface area contributed by atoms with E-state index in [0.29, 0.717) is 13.0 Å². The van der Waals surface area contributed by atoms with E-state index in [2.05, 4.69) is 4.74 Å². The van der Waals surface area contributed by atoms with E-state index >= 15 is 0 Å². The van der Waals surface area contributed by atoms with Crippen molar-refractivity contribution in [2.75, 3.05) is 7.11 Å². The van der Waals surface area contributed by atoms with Crippen LogP contribution in [0.4, 0.5) is 0 Å². The van der Waals surface area contributed by atoms with Crippen molar-refractivity contribution in [3.63, 3.8) is 0 Å². The third-order valence-electron chi connectivity index (χ3n) is 1.77. The van der Waals surface area contributed by atoms with Crippen LogP contribution in [-0.4, -0.2) is 19.2 Å². The van der Waals surface area contributed by atoms with Gasteiger partial charge in [-0.15, -0.1) is 11.3 Å². The van der Waals surface area contributed by atoms with Gasteiger partial charge in [0.15, 0.2) is 0 Å². The van der Waals surface area contributed by atoms with Gasteiger partial charge >= 0.3 is 5.97 Å². The summed E-state index contributed by atoms with van der Waals surface area (Å²) < 4.78 is 10.0. The van der Waals surface area contributed by atoms with Crippen LogP contribution in [0.3, 0.4) is 0 Å². The smallest absolute Gasteiger partial charge is 0.308 e. The van der Waals surface area contributed by atoms with Crippen LogP contribution in [0.2, 0.25) is 0 Å². The zero-order valence-corrected chi connectivity index (χ0v) is 9.17. The molecule has 0 aliphatic carbocycles. The SMILES string of the molecule is COC(=O)CC(C)OCc1cccs1. The van der Waals surface area contributed by atoms with Gasteiger partial charge in [0.2, 0.25) is 0 Å². The highest BCUT2D eigenvalue weighted by atomic mass is 32.1. The molecular formula is C10H14O3S. The third-order valence-corrected chi connectivity index (χ3v) is 2.62. The summed E-state index contributed by atoms with van der Waals surface area (Å²) in [6.45, 7) is 2.43. The molecule has 4 heteroatoms. The van der Waals surface area contributed by atoms with Gasteiger partial charge in [-0.05, 0) is 18.4 Å². The van der Waals surface area contributed by atoms with Crippen molar-refractivity contribution in [3.05, 3.63) is 22.4 Å². The molecule has 0 radical (unpaired) electrons. The lowest BCUT2D eigenvalue weighted by Crippen LogP contribution is -2.14. The molecule has 3 nitrogen and oxygen atoms in total. The molecule has 1 rings (SSSR count). The minimum atomic E-state index is -0.233. The molecule has 14 heavy (non-hydrogen) atoms. The fourth-order valence-electron chi connectivity index (χ4n) is 0.996. The lowest BCUT2D eigenvalue weighted by molar-refractivity contribution is -0.143. The first kappa shape index (κ1) is 11.2. The lowest BCUT2D eigenvalue weighted by atomic mass is 10.3. The highest BCUT2D eigenvalue weighted by Crippen LogP contribution is 2.11. The molecule has 1 aromatic heterocycles. The van der Waals surface area contributed by atoms with Gasteiger partial charge in [0.1, 0.15) is 0 Å². The van der Waals surface area contributed by atoms with Gasteiger partial charge in [-0.2, -0.15) is 0 Å². The van der Waals surface area contributed by atoms with E-state index < -0.39 is 0 Å². The van der Waals surface area contributed by atoms with Gasteiger partial charge in [0, 0.05) is 4.88 Å². The summed E-state index contributed by atoms with van der Waals surface area (Å²) in [6, 6.07) is 3.99. The number of carbonyl (C=O) groups is 1. The first-order valence-corrected chi connectivity index (χ1v) is 5.31. The molecule has 0 aliphatic rings. The average molecular weight is 214 g/mol. The first-order valence-electron chi connectivity index (χ1n) is 4.43. The molecule has 1 heterocycles. The molecule has 0 amide bonds. The van der Waals surface area contributed by atoms with Crippen LogP contribution in [0.15, 0.2) is 17.5 Å². The molecule has 0 fully saturated rings. The topological polar surface area (TPSA) is 35.5 Å². The van der Waals surface area contributed by atoms with Crippen LogP contribution in [0, 0.1) is 0 Å². The van der Waals surface area contributed by atoms with Crippen molar-refractivity contribution in [2.45, 2.75) is 26.1 Å². The minimum Gasteiger partial charge on any atom is -0.469 e. The summed E-state index contributed by atoms with van der Waals surface area (Å²) >= 11 is 1.65. The standard InChI is InChI=1S/C10H14O3S/c1-8(6-10(11)12-2)13-7-9-4-3-5-14-9/h3-5,8H,6-7H2,1-2H3. The van der Waals surface area contributed by atoms with Crippen LogP contribution in [0.25, 0.3) is 0 Å². The Morgan fingerprint density at radius 2 is 2.43 bits per heavy atom. The van der Waals surface area contributed by atoms with Crippen molar-refractivity contribution in [1.29, 1.82) is 0 Å². The van der Waals surface area contributed by atoms with Crippen molar-refractivity contribution >= 4 is 17.3 Å². The molecule has 0 aromatic carbocycles. The Kier molecular flexibility index (Phi) is 4.62. The first-order chi connectivity index (χ1) is 6.72. The second kappa shape index (κ2) is 5.78. The summed E-state index contributed by atoms with van der Waals surface area (Å²) in [4.78, 5) is 12.1. The average Bonchev–Trinajstić information content (AvgIpc) is 2.67. The molecule has 1 aromatic rings. The van der Waals surface area contributed by atoms with Gasteiger partial charge in [0.05, 0.1) is 26.2 Å². The zero-order valence-electron chi connectivity index (χ0n) is 8.36. The second-order valence-electron chi connectivity index (χ2n) is 2.98. The zero-order chi connectivity index (χ0) is 10.4. The molecule has 0 bridgehead atoms. The number of methoxy groups -OCH3 is 1. The Morgan fingerprint density at radius 1 is 1.64 bits per heavy atom. The molecule has 0 spiro atoms. The number of thiophene rings is 1. The molecule has 0 saturated heterocycles. The second-order valence-corrected chi connectivity index (χ2v) is 4.01. The van der Waals surface area contributed by atoms with Crippen molar-refractivity contribution < 1.29 is 14.3 Å². The van der Waals surface area contributed by atoms with Crippen LogP contribution >= 0.6 is 11.3 Å². The van der Waals surface area contributed by atoms with Crippen LogP contribution in [0.1, 0.15) is 18.2 Å². The predicted octanol–water partition coefficient (Wildman–Crippen LogP) is 2.22. The number of ether oxygens (including phenoxy) is 2. The predicted molar refractivity (Wildman–Crippen MR) is 55.2 cm³/mol. The van der Waals surface area contributed by atoms with E-state index in [1.54, 1.807) is 11.3 Å². The van der Waals surface area contributed by atoms with Gasteiger partial charge in [-0.1, -0.05) is 6.07 Å². The van der Waals surface area contributed by atoms with Crippen LogP contribution in [-0.2, 0) is 20.9 Å². The lowest BCUT2D eigenvalue weighted by Gasteiger charge is -2.10. The van der Waals surface area contributed by atoms with Crippen molar-refractivity contribution in [1.82, 2.24) is 0 Å². The maximum atomic E-state index is 10.9. The van der Waals surface area contributed by atoms with Gasteiger partial charge in [-0.25, -0.2) is 0 Å². The summed E-state index contributed by atoms with van der Waals surface area (Å²) in [6.07, 6.45) is 0.214. The third kappa shape index (κ3) is 3.89. The molecule has 1 unspecified atom stereocenters. The fourth-order valence-corrected chi connectivity index (χ4v) is 1.62. The van der Waals surface area contributed by atoms with Gasteiger partial charge in [-0.3, -0.25) is 4.79 Å². The van der Waals surface area contributed by atoms with Gasteiger partial charge in [0.25, 0.3) is 0 Å². The highest BCUT2D eigenvalue weighted by Gasteiger charge is 2.09. The Hall–Kier alpha value is -0.870. The molecular weight excluding hydrogens is 200 g/mol. The Balaban J connectivity index is 2.21. The fraction of sp³-hybridized carbons (Fsp3) is 0.500. The summed E-state index contributed by atoms with van der Waals surface area (Å²) in [5, 5.41) is 2.00. The van der Waals surface area contributed by atoms with E-state index in [1.807, 2.05) is 24.4 Å². The summed E-state index contributed by atoms with van der Waals surface area (Å²) in [7, 11) is 1.38. The van der Waals surface area contributed by atoms with E-state index in [4.69, 9.17) is 4.74 Å². The monoisotopic (exact) mass is 214 g/mol. The maximum absolute atomic E-state index is 10.9. The van der Waals surface area contributed by atoms with Crippen LogP contribution < -0.4 is 0 Å². The van der Waals surface area contributed by atoms with E-state index in [-0.39, 0.29) is 12.1 Å². The minimum absolute atomic E-state index is 0.0930. The Morgan fingerprint density at radius 3 is 3.00 bits per heavy atom. The number of esters is 1. The normalized spacial score (nSPS) is 12.4. The number of hydrogen-bond donors (Lipinski definition) is 0. The molecule has 1 atom stereocenters. The van der Waals surface area contributed by atoms with Crippen molar-refractivity contribution in [3.8, 4) is 0 Å². The largest absolute Gasteiger partial charge is 0.469 e. The highest BCUT2D eigenvalue weighted by molar-refractivity contribution is 7.09. The number of carbonyl (C=O) groups excluding carboxylic acids is 1. The van der Waals surface area contributed by atoms with E-state index in [1.165, 1.54) is 12.0 Å². The van der Waals surface area contributed by atoms with Gasteiger partial charge < -0.3 is 9.47 Å². The Bertz CT molecular complexity index is 269. The summed E-state index contributed by atoms with van der Waals surface area (Å²) in [5.41, 5.74) is 0. The Labute approximate surface area is 87.7 Å². The molecule has 0 N–H and O–H groups in total. The van der Waals surface area contributed by atoms with E-state index in [0.717, 1.165) is 0 Å². The number of rotatable bonds is 5. The molecule has 78 valence electrons. The maximum Gasteiger partial charge on any atom is 0.308 e. The number of hydrogen-bond acceptors (Lipinski definition) is 4. The molecule has 0 saturated carbocycles. The molecule has 0 aliphatic heterocycles. The summed E-state index contributed by atoms with van der Waals surface area (Å²) in [5.74, 6) is -0.233.